The van der Waals surface area contributed by atoms with Gasteiger partial charge in [-0.1, -0.05) is 115 Å². The zero-order valence-corrected chi connectivity index (χ0v) is 31.7. The van der Waals surface area contributed by atoms with Gasteiger partial charge < -0.3 is 28.6 Å². The van der Waals surface area contributed by atoms with Gasteiger partial charge in [-0.15, -0.1) is 0 Å². The van der Waals surface area contributed by atoms with E-state index in [1.54, 1.807) is 21.1 Å². The van der Waals surface area contributed by atoms with E-state index in [9.17, 15) is 19.5 Å². The van der Waals surface area contributed by atoms with Gasteiger partial charge in [-0.3, -0.25) is 9.59 Å². The van der Waals surface area contributed by atoms with Crippen LogP contribution in [-0.4, -0.2) is 75.5 Å². The normalized spacial score (nSPS) is 13.3. The van der Waals surface area contributed by atoms with Crippen molar-refractivity contribution in [2.24, 2.45) is 0 Å². The third kappa shape index (κ3) is 29.9. The maximum absolute atomic E-state index is 12.5. The summed E-state index contributed by atoms with van der Waals surface area (Å²) in [5.74, 6) is -1.81. The Labute approximate surface area is 294 Å². The topological polar surface area (TPSA) is 102 Å². The number of carboxylic acid groups (broad SMARTS) is 1. The number of quaternary nitrogens is 1. The lowest BCUT2D eigenvalue weighted by atomic mass is 10.1. The molecule has 0 bridgehead atoms. The van der Waals surface area contributed by atoms with Gasteiger partial charge in [0, 0.05) is 19.3 Å². The van der Waals surface area contributed by atoms with Crippen molar-refractivity contribution in [2.75, 3.05) is 41.0 Å². The lowest BCUT2D eigenvalue weighted by Gasteiger charge is -2.34. The van der Waals surface area contributed by atoms with Gasteiger partial charge >= 0.3 is 11.9 Å². The average Bonchev–Trinajstić information content (AvgIpc) is 3.03. The van der Waals surface area contributed by atoms with Gasteiger partial charge in [0.15, 0.2) is 6.10 Å². The molecule has 0 radical (unpaired) electrons. The van der Waals surface area contributed by atoms with Crippen LogP contribution in [0.3, 0.4) is 0 Å². The molecule has 48 heavy (non-hydrogen) atoms. The molecular weight excluding hydrogens is 606 g/mol. The smallest absolute Gasteiger partial charge is 0.306 e. The molecule has 0 aromatic heterocycles. The molecule has 0 amide bonds. The van der Waals surface area contributed by atoms with Gasteiger partial charge in [0.25, 0.3) is 0 Å². The number of unbranched alkanes of at least 4 members (excludes halogenated alkanes) is 16. The van der Waals surface area contributed by atoms with E-state index in [-0.39, 0.29) is 49.1 Å². The molecule has 0 aliphatic heterocycles. The molecule has 2 atom stereocenters. The second-order valence-electron chi connectivity index (χ2n) is 14.2. The van der Waals surface area contributed by atoms with Crippen LogP contribution in [0.1, 0.15) is 162 Å². The quantitative estimate of drug-likeness (QED) is 0.0291. The molecule has 0 fully saturated rings. The van der Waals surface area contributed by atoms with Crippen LogP contribution in [0.4, 0.5) is 0 Å². The molecule has 0 aromatic carbocycles. The first-order valence-electron chi connectivity index (χ1n) is 19.4. The molecule has 0 spiro atoms. The third-order valence-corrected chi connectivity index (χ3v) is 8.57. The first-order valence-corrected chi connectivity index (χ1v) is 19.4. The maximum atomic E-state index is 12.5. The van der Waals surface area contributed by atoms with Crippen LogP contribution in [0.25, 0.3) is 0 Å². The number of esters is 2. The number of hydrogen-bond donors (Lipinski definition) is 0. The van der Waals surface area contributed by atoms with E-state index >= 15 is 0 Å². The Morgan fingerprint density at radius 1 is 0.604 bits per heavy atom. The van der Waals surface area contributed by atoms with E-state index in [0.29, 0.717) is 12.8 Å². The SMILES string of the molecule is CCCCC/C=C/CCC(=O)OC(COCCC(C(=O)[O-])[N+](C)(C)C)COC(=O)CCCCCCCCC/C=C/CCCCCCCC. The first kappa shape index (κ1) is 45.8. The van der Waals surface area contributed by atoms with E-state index in [1.165, 1.54) is 89.9 Å². The molecule has 2 unspecified atom stereocenters. The largest absolute Gasteiger partial charge is 0.544 e. The Bertz CT molecular complexity index is 849. The summed E-state index contributed by atoms with van der Waals surface area (Å²) in [6, 6.07) is -0.727. The Morgan fingerprint density at radius 3 is 1.62 bits per heavy atom. The standard InChI is InChI=1S/C40H73NO7/c1-6-8-10-12-14-15-16-17-18-19-20-21-22-23-25-26-28-30-38(42)47-35-36(34-46-33-32-37(40(44)45)41(3,4)5)48-39(43)31-29-27-24-13-11-9-7-2/h17-18,24,27,36-37H,6-16,19-23,25-26,28-35H2,1-5H3/b18-17+,27-24+. The minimum absolute atomic E-state index is 0.0255. The van der Waals surface area contributed by atoms with Crippen molar-refractivity contribution in [1.29, 1.82) is 0 Å². The fourth-order valence-corrected chi connectivity index (χ4v) is 5.49. The summed E-state index contributed by atoms with van der Waals surface area (Å²) < 4.78 is 17.0. The molecule has 8 heteroatoms. The van der Waals surface area contributed by atoms with Crippen LogP contribution in [-0.2, 0) is 28.6 Å². The number of likely N-dealkylation sites (N-methyl/N-ethyl adjacent to an activating group) is 1. The van der Waals surface area contributed by atoms with Crippen LogP contribution >= 0.6 is 0 Å². The predicted octanol–water partition coefficient (Wildman–Crippen LogP) is 8.41. The van der Waals surface area contributed by atoms with Gasteiger partial charge in [-0.2, -0.15) is 0 Å². The van der Waals surface area contributed by atoms with Gasteiger partial charge in [0.05, 0.1) is 40.3 Å². The monoisotopic (exact) mass is 680 g/mol. The van der Waals surface area contributed by atoms with Crippen LogP contribution in [0, 0.1) is 0 Å². The Kier molecular flexibility index (Phi) is 30.6. The molecule has 0 aliphatic carbocycles. The number of ether oxygens (including phenoxy) is 3. The zero-order valence-electron chi connectivity index (χ0n) is 31.7. The number of allylic oxidation sites excluding steroid dienone is 4. The number of carbonyl (C=O) groups is 3. The molecule has 0 saturated heterocycles. The number of rotatable bonds is 34. The Balaban J connectivity index is 4.30. The number of carboxylic acids is 1. The van der Waals surface area contributed by atoms with Gasteiger partial charge in [-0.05, 0) is 51.4 Å². The predicted molar refractivity (Wildman–Crippen MR) is 194 cm³/mol. The highest BCUT2D eigenvalue weighted by Gasteiger charge is 2.25. The van der Waals surface area contributed by atoms with E-state index in [1.807, 2.05) is 6.08 Å². The molecule has 0 N–H and O–H groups in total. The number of nitrogens with zero attached hydrogens (tertiary/aromatic N) is 1. The van der Waals surface area contributed by atoms with E-state index in [2.05, 4.69) is 32.1 Å². The van der Waals surface area contributed by atoms with Crippen LogP contribution in [0.5, 0.6) is 0 Å². The lowest BCUT2D eigenvalue weighted by Crippen LogP contribution is -2.55. The first-order chi connectivity index (χ1) is 23.1. The molecule has 0 heterocycles. The van der Waals surface area contributed by atoms with Crippen molar-refractivity contribution in [3.05, 3.63) is 24.3 Å². The van der Waals surface area contributed by atoms with Crippen LogP contribution in [0.2, 0.25) is 0 Å². The fraction of sp³-hybridized carbons (Fsp3) is 0.825. The van der Waals surface area contributed by atoms with Gasteiger partial charge in [0.2, 0.25) is 0 Å². The van der Waals surface area contributed by atoms with Crippen molar-refractivity contribution in [1.82, 2.24) is 0 Å². The van der Waals surface area contributed by atoms with Crippen molar-refractivity contribution in [2.45, 2.75) is 174 Å². The number of aliphatic carboxylic acids is 1. The number of carbonyl (C=O) groups excluding carboxylic acids is 3. The zero-order chi connectivity index (χ0) is 35.7. The Hall–Kier alpha value is -2.19. The minimum Gasteiger partial charge on any atom is -0.544 e. The second kappa shape index (κ2) is 32.0. The summed E-state index contributed by atoms with van der Waals surface area (Å²) in [5.41, 5.74) is 0. The van der Waals surface area contributed by atoms with Crippen LogP contribution < -0.4 is 5.11 Å². The minimum atomic E-state index is -1.13. The van der Waals surface area contributed by atoms with Gasteiger partial charge in [0.1, 0.15) is 12.6 Å². The van der Waals surface area contributed by atoms with E-state index in [0.717, 1.165) is 32.1 Å². The number of hydrogen-bond acceptors (Lipinski definition) is 7. The average molecular weight is 680 g/mol. The van der Waals surface area contributed by atoms with E-state index < -0.39 is 18.1 Å². The Morgan fingerprint density at radius 2 is 1.08 bits per heavy atom. The lowest BCUT2D eigenvalue weighted by molar-refractivity contribution is -0.889. The van der Waals surface area contributed by atoms with Gasteiger partial charge in [-0.25, -0.2) is 0 Å². The summed E-state index contributed by atoms with van der Waals surface area (Å²) in [6.07, 6.45) is 32.3. The summed E-state index contributed by atoms with van der Waals surface area (Å²) in [6.45, 7) is 4.53. The molecule has 8 nitrogen and oxygen atoms in total. The maximum Gasteiger partial charge on any atom is 0.306 e. The highest BCUT2D eigenvalue weighted by atomic mass is 16.6. The summed E-state index contributed by atoms with van der Waals surface area (Å²) in [5, 5.41) is 11.5. The van der Waals surface area contributed by atoms with Crippen molar-refractivity contribution >= 4 is 17.9 Å². The van der Waals surface area contributed by atoms with Crippen LogP contribution in [0.15, 0.2) is 24.3 Å². The molecule has 0 rings (SSSR count). The summed E-state index contributed by atoms with van der Waals surface area (Å²) >= 11 is 0. The summed E-state index contributed by atoms with van der Waals surface area (Å²) in [7, 11) is 5.38. The summed E-state index contributed by atoms with van der Waals surface area (Å²) in [4.78, 5) is 36.5. The van der Waals surface area contributed by atoms with Crippen molar-refractivity contribution in [3.63, 3.8) is 0 Å². The molecule has 280 valence electrons. The van der Waals surface area contributed by atoms with Crippen molar-refractivity contribution < 1.29 is 38.2 Å². The second-order valence-corrected chi connectivity index (χ2v) is 14.2. The van der Waals surface area contributed by atoms with E-state index in [4.69, 9.17) is 14.2 Å². The fourth-order valence-electron chi connectivity index (χ4n) is 5.49. The molecule has 0 aliphatic rings. The highest BCUT2D eigenvalue weighted by molar-refractivity contribution is 5.70. The third-order valence-electron chi connectivity index (χ3n) is 8.57. The molecular formula is C40H73NO7. The highest BCUT2D eigenvalue weighted by Crippen LogP contribution is 2.13. The molecule has 0 aromatic rings. The van der Waals surface area contributed by atoms with Crippen molar-refractivity contribution in [3.8, 4) is 0 Å². The molecule has 0 saturated carbocycles.